The summed E-state index contributed by atoms with van der Waals surface area (Å²) in [6, 6.07) is 2.38. The molecule has 1 N–H and O–H groups in total. The number of amides is 1. The van der Waals surface area contributed by atoms with Crippen molar-refractivity contribution in [2.24, 2.45) is 0 Å². The molecular weight excluding hydrogens is 536 g/mol. The van der Waals surface area contributed by atoms with Crippen LogP contribution in [0.4, 0.5) is 8.78 Å². The number of hydrogen-bond acceptors (Lipinski definition) is 8. The van der Waals surface area contributed by atoms with Crippen LogP contribution < -0.4 is 15.2 Å². The van der Waals surface area contributed by atoms with Gasteiger partial charge >= 0.3 is 0 Å². The van der Waals surface area contributed by atoms with Gasteiger partial charge in [-0.25, -0.2) is 14.4 Å². The maximum Gasteiger partial charge on any atom is 0.278 e. The molecule has 1 unspecified atom stereocenters. The third-order valence-electron chi connectivity index (χ3n) is 7.51. The number of fused-ring (bicyclic) bond motifs is 6. The molecule has 13 heteroatoms. The van der Waals surface area contributed by atoms with Gasteiger partial charge in [0, 0.05) is 49.5 Å². The van der Waals surface area contributed by atoms with Gasteiger partial charge in [0.05, 0.1) is 11.6 Å². The van der Waals surface area contributed by atoms with Gasteiger partial charge in [0.25, 0.3) is 5.91 Å². The summed E-state index contributed by atoms with van der Waals surface area (Å²) in [5, 5.41) is 12.4. The normalized spacial score (nSPS) is 24.8. The highest BCUT2D eigenvalue weighted by atomic mass is 35.5. The molecule has 2 bridgehead atoms. The number of halogens is 3. The first-order chi connectivity index (χ1) is 18.8. The largest absolute Gasteiger partial charge is 0.502 e. The number of carbonyl (C=O) groups excluding carboxylic acids is 1. The number of aromatic nitrogens is 3. The quantitative estimate of drug-likeness (QED) is 0.378. The van der Waals surface area contributed by atoms with Gasteiger partial charge in [0.1, 0.15) is 30.8 Å². The molecular formula is C26H22ClF2N5O5. The van der Waals surface area contributed by atoms with Crippen molar-refractivity contribution in [1.82, 2.24) is 19.5 Å². The molecule has 2 aromatic heterocycles. The molecule has 1 saturated carbocycles. The summed E-state index contributed by atoms with van der Waals surface area (Å²) >= 11 is 6.51. The number of benzene rings is 1. The molecule has 1 atom stereocenters. The lowest BCUT2D eigenvalue weighted by Crippen LogP contribution is -2.67. The monoisotopic (exact) mass is 557 g/mol. The van der Waals surface area contributed by atoms with Crippen LogP contribution in [-0.2, 0) is 4.74 Å². The molecule has 1 aliphatic carbocycles. The highest BCUT2D eigenvalue weighted by Gasteiger charge is 2.53. The predicted octanol–water partition coefficient (Wildman–Crippen LogP) is 2.91. The second kappa shape index (κ2) is 9.31. The van der Waals surface area contributed by atoms with Gasteiger partial charge in [-0.05, 0) is 18.2 Å². The van der Waals surface area contributed by atoms with Crippen LogP contribution in [0, 0.1) is 11.6 Å². The van der Waals surface area contributed by atoms with E-state index in [0.717, 1.165) is 12.1 Å². The van der Waals surface area contributed by atoms with Crippen LogP contribution in [0.25, 0.3) is 0 Å². The van der Waals surface area contributed by atoms with E-state index in [1.54, 1.807) is 24.3 Å². The topological polar surface area (TPSA) is 110 Å². The van der Waals surface area contributed by atoms with E-state index in [1.165, 1.54) is 34.4 Å². The van der Waals surface area contributed by atoms with Crippen molar-refractivity contribution in [3.63, 3.8) is 0 Å². The zero-order valence-corrected chi connectivity index (χ0v) is 21.3. The molecule has 39 heavy (non-hydrogen) atoms. The molecule has 0 saturated heterocycles. The standard InChI is InChI=1S/C26H22ClF2N5O5/c1-38-14-9-26(10-14)6-2-8-39-23-15(3-4-17(28)19(23)29)20(16-11-30-12-31-24(16)27)34-13-32(26)25(37)21-22(36)18(35)5-7-33(21)34/h2-7,11-12,14,20,36H,8-10,13H2,1H3/b6-2+. The number of ether oxygens (including phenoxy) is 2. The van der Waals surface area contributed by atoms with Gasteiger partial charge in [-0.2, -0.15) is 4.39 Å². The van der Waals surface area contributed by atoms with E-state index in [2.05, 4.69) is 9.97 Å². The minimum atomic E-state index is -1.20. The summed E-state index contributed by atoms with van der Waals surface area (Å²) in [4.78, 5) is 36.1. The Morgan fingerprint density at radius 1 is 1.21 bits per heavy atom. The first-order valence-corrected chi connectivity index (χ1v) is 12.4. The van der Waals surface area contributed by atoms with Crippen LogP contribution in [0.5, 0.6) is 11.5 Å². The number of pyridine rings is 1. The Kier molecular flexibility index (Phi) is 6.03. The number of aromatic hydroxyl groups is 1. The van der Waals surface area contributed by atoms with Crippen molar-refractivity contribution < 1.29 is 28.2 Å². The highest BCUT2D eigenvalue weighted by Crippen LogP contribution is 2.46. The van der Waals surface area contributed by atoms with E-state index in [-0.39, 0.29) is 47.1 Å². The fourth-order valence-corrected chi connectivity index (χ4v) is 5.73. The smallest absolute Gasteiger partial charge is 0.278 e. The van der Waals surface area contributed by atoms with Gasteiger partial charge in [-0.1, -0.05) is 17.7 Å². The minimum absolute atomic E-state index is 0.0201. The Morgan fingerprint density at radius 3 is 2.74 bits per heavy atom. The summed E-state index contributed by atoms with van der Waals surface area (Å²) in [6.45, 7) is -0.222. The lowest BCUT2D eigenvalue weighted by molar-refractivity contribution is -0.0602. The molecule has 4 heterocycles. The molecule has 1 amide bonds. The summed E-state index contributed by atoms with van der Waals surface area (Å²) in [5.41, 5.74) is -1.45. The van der Waals surface area contributed by atoms with Crippen LogP contribution >= 0.6 is 11.6 Å². The summed E-state index contributed by atoms with van der Waals surface area (Å²) in [7, 11) is 1.57. The third kappa shape index (κ3) is 3.85. The Morgan fingerprint density at radius 2 is 2.00 bits per heavy atom. The minimum Gasteiger partial charge on any atom is -0.502 e. The highest BCUT2D eigenvalue weighted by molar-refractivity contribution is 6.30. The van der Waals surface area contributed by atoms with E-state index in [4.69, 9.17) is 21.1 Å². The summed E-state index contributed by atoms with van der Waals surface area (Å²) < 4.78 is 42.3. The maximum atomic E-state index is 15.3. The molecule has 3 aromatic rings. The zero-order valence-electron chi connectivity index (χ0n) is 20.6. The zero-order chi connectivity index (χ0) is 27.5. The van der Waals surface area contributed by atoms with Gasteiger partial charge in [0.2, 0.25) is 11.2 Å². The number of carbonyl (C=O) groups is 1. The van der Waals surface area contributed by atoms with Crippen LogP contribution in [0.15, 0.2) is 53.9 Å². The lowest BCUT2D eigenvalue weighted by Gasteiger charge is -2.55. The van der Waals surface area contributed by atoms with Gasteiger partial charge < -0.3 is 19.5 Å². The van der Waals surface area contributed by atoms with Gasteiger partial charge in [-0.3, -0.25) is 19.3 Å². The van der Waals surface area contributed by atoms with E-state index in [0.29, 0.717) is 12.8 Å². The molecule has 3 aliphatic rings. The Hall–Kier alpha value is -4.03. The first-order valence-electron chi connectivity index (χ1n) is 12.1. The van der Waals surface area contributed by atoms with Crippen molar-refractivity contribution in [2.75, 3.05) is 25.4 Å². The first kappa shape index (κ1) is 25.3. The van der Waals surface area contributed by atoms with Gasteiger partial charge in [0.15, 0.2) is 23.0 Å². The Bertz CT molecular complexity index is 1570. The van der Waals surface area contributed by atoms with Crippen molar-refractivity contribution in [3.8, 4) is 11.5 Å². The fourth-order valence-electron chi connectivity index (χ4n) is 5.53. The fraction of sp³-hybridized carbons (Fsp3) is 0.308. The average Bonchev–Trinajstić information content (AvgIpc) is 2.92. The van der Waals surface area contributed by atoms with E-state index >= 15 is 4.39 Å². The molecule has 1 fully saturated rings. The predicted molar refractivity (Wildman–Crippen MR) is 134 cm³/mol. The average molecular weight is 558 g/mol. The Balaban J connectivity index is 1.67. The second-order valence-electron chi connectivity index (χ2n) is 9.57. The Labute approximate surface area is 225 Å². The summed E-state index contributed by atoms with van der Waals surface area (Å²) in [6.07, 6.45) is 8.09. The number of methoxy groups -OCH3 is 1. The maximum absolute atomic E-state index is 15.3. The number of hydrogen-bond donors (Lipinski definition) is 1. The van der Waals surface area contributed by atoms with Crippen LogP contribution in [0.1, 0.15) is 40.5 Å². The van der Waals surface area contributed by atoms with Crippen molar-refractivity contribution in [1.29, 1.82) is 0 Å². The van der Waals surface area contributed by atoms with Crippen molar-refractivity contribution >= 4 is 17.5 Å². The van der Waals surface area contributed by atoms with E-state index in [1.807, 2.05) is 0 Å². The van der Waals surface area contributed by atoms with Crippen LogP contribution in [0.2, 0.25) is 5.15 Å². The number of rotatable bonds is 2. The van der Waals surface area contributed by atoms with Crippen molar-refractivity contribution in [3.05, 3.63) is 92.9 Å². The molecule has 1 aromatic carbocycles. The van der Waals surface area contributed by atoms with Crippen LogP contribution in [0.3, 0.4) is 0 Å². The molecule has 10 nitrogen and oxygen atoms in total. The molecule has 0 radical (unpaired) electrons. The molecule has 2 aliphatic heterocycles. The molecule has 1 spiro atoms. The molecule has 202 valence electrons. The lowest BCUT2D eigenvalue weighted by atomic mass is 9.72. The van der Waals surface area contributed by atoms with Gasteiger partial charge in [-0.15, -0.1) is 0 Å². The number of nitrogens with zero attached hydrogens (tertiary/aromatic N) is 5. The molecule has 6 rings (SSSR count). The van der Waals surface area contributed by atoms with Crippen LogP contribution in [-0.4, -0.2) is 62.6 Å². The SMILES string of the molecule is COC1CC2(/C=C/COc3c(ccc(F)c3F)C(c3cncnc3Cl)N3CN2C(=O)c2c(O)c(=O)ccn23)C1. The summed E-state index contributed by atoms with van der Waals surface area (Å²) in [5.74, 6) is -4.01. The second-order valence-corrected chi connectivity index (χ2v) is 9.93. The van der Waals surface area contributed by atoms with E-state index in [9.17, 15) is 19.1 Å². The third-order valence-corrected chi connectivity index (χ3v) is 7.82. The van der Waals surface area contributed by atoms with Crippen molar-refractivity contribution in [2.45, 2.75) is 30.5 Å². The van der Waals surface area contributed by atoms with E-state index < -0.39 is 40.3 Å².